The Bertz CT molecular complexity index is 517. The zero-order chi connectivity index (χ0) is 10.1. The van der Waals surface area contributed by atoms with E-state index in [4.69, 9.17) is 4.74 Å². The van der Waals surface area contributed by atoms with E-state index in [1.165, 1.54) is 21.9 Å². The van der Waals surface area contributed by atoms with Gasteiger partial charge in [0.1, 0.15) is 0 Å². The molecule has 0 bridgehead atoms. The van der Waals surface area contributed by atoms with Gasteiger partial charge in [0.05, 0.1) is 6.61 Å². The molecule has 0 amide bonds. The molecule has 14 heavy (non-hydrogen) atoms. The predicted molar refractivity (Wildman–Crippen MR) is 53.0 cm³/mol. The lowest BCUT2D eigenvalue weighted by atomic mass is 10.5. The Morgan fingerprint density at radius 1 is 1.64 bits per heavy atom. The van der Waals surface area contributed by atoms with Gasteiger partial charge in [0, 0.05) is 11.8 Å². The van der Waals surface area contributed by atoms with Crippen molar-refractivity contribution in [1.29, 1.82) is 0 Å². The van der Waals surface area contributed by atoms with Crippen LogP contribution in [-0.2, 0) is 0 Å². The highest BCUT2D eigenvalue weighted by Crippen LogP contribution is 2.18. The first-order valence-electron chi connectivity index (χ1n) is 4.21. The van der Waals surface area contributed by atoms with E-state index in [1.54, 1.807) is 6.92 Å². The number of nitrogens with zero attached hydrogens (tertiary/aromatic N) is 3. The molecule has 0 aliphatic carbocycles. The topological polar surface area (TPSA) is 56.5 Å². The molecular weight excluding hydrogens is 202 g/mol. The fourth-order valence-electron chi connectivity index (χ4n) is 1.08. The normalized spacial score (nSPS) is 10.7. The summed E-state index contributed by atoms with van der Waals surface area (Å²) in [4.78, 5) is 16.2. The Kier molecular flexibility index (Phi) is 2.20. The molecular formula is C8H9N3O2S. The van der Waals surface area contributed by atoms with Gasteiger partial charge in [-0.05, 0) is 25.2 Å². The van der Waals surface area contributed by atoms with Crippen molar-refractivity contribution in [3.8, 4) is 5.19 Å². The summed E-state index contributed by atoms with van der Waals surface area (Å²) in [7, 11) is 0. The maximum absolute atomic E-state index is 11.4. The van der Waals surface area contributed by atoms with E-state index >= 15 is 0 Å². The molecule has 2 aromatic heterocycles. The molecule has 0 unspecified atom stereocenters. The fraction of sp³-hybridized carbons (Fsp3) is 0.375. The summed E-state index contributed by atoms with van der Waals surface area (Å²) in [5.74, 6) is 0. The van der Waals surface area contributed by atoms with Crippen molar-refractivity contribution in [2.45, 2.75) is 13.8 Å². The molecule has 0 aliphatic rings. The number of rotatable bonds is 2. The second-order valence-corrected chi connectivity index (χ2v) is 3.65. The number of fused-ring (bicyclic) bond motifs is 1. The Balaban J connectivity index is 2.65. The molecule has 74 valence electrons. The van der Waals surface area contributed by atoms with Crippen molar-refractivity contribution >= 4 is 16.3 Å². The summed E-state index contributed by atoms with van der Waals surface area (Å²) in [5.41, 5.74) is 0.524. The van der Waals surface area contributed by atoms with Crippen molar-refractivity contribution < 1.29 is 4.74 Å². The zero-order valence-electron chi connectivity index (χ0n) is 7.85. The van der Waals surface area contributed by atoms with E-state index in [1.807, 2.05) is 6.92 Å². The number of aryl methyl sites for hydroxylation is 1. The van der Waals surface area contributed by atoms with Crippen LogP contribution in [0.25, 0.3) is 4.96 Å². The van der Waals surface area contributed by atoms with Gasteiger partial charge in [-0.1, -0.05) is 0 Å². The van der Waals surface area contributed by atoms with Crippen LogP contribution in [0.3, 0.4) is 0 Å². The van der Waals surface area contributed by atoms with Gasteiger partial charge in [0.2, 0.25) is 4.96 Å². The highest BCUT2D eigenvalue weighted by atomic mass is 32.1. The van der Waals surface area contributed by atoms with Gasteiger partial charge >= 0.3 is 0 Å². The smallest absolute Gasteiger partial charge is 0.294 e. The largest absolute Gasteiger partial charge is 0.469 e. The summed E-state index contributed by atoms with van der Waals surface area (Å²) in [6, 6.07) is 1.45. The molecule has 0 radical (unpaired) electrons. The fourth-order valence-corrected chi connectivity index (χ4v) is 1.95. The second-order valence-electron chi connectivity index (χ2n) is 2.73. The van der Waals surface area contributed by atoms with Gasteiger partial charge in [-0.15, -0.1) is 5.10 Å². The number of aromatic nitrogens is 3. The molecule has 0 aromatic carbocycles. The Morgan fingerprint density at radius 3 is 3.14 bits per heavy atom. The third kappa shape index (κ3) is 1.48. The van der Waals surface area contributed by atoms with Crippen LogP contribution in [-0.4, -0.2) is 21.2 Å². The average Bonchev–Trinajstić information content (AvgIpc) is 2.48. The molecule has 2 heterocycles. The average molecular weight is 211 g/mol. The third-order valence-corrected chi connectivity index (χ3v) is 2.44. The van der Waals surface area contributed by atoms with Crippen LogP contribution < -0.4 is 10.3 Å². The number of hydrogen-bond donors (Lipinski definition) is 0. The zero-order valence-corrected chi connectivity index (χ0v) is 8.67. The van der Waals surface area contributed by atoms with Gasteiger partial charge < -0.3 is 4.74 Å². The van der Waals surface area contributed by atoms with Crippen LogP contribution in [0.5, 0.6) is 5.19 Å². The summed E-state index contributed by atoms with van der Waals surface area (Å²) in [6.45, 7) is 4.18. The van der Waals surface area contributed by atoms with E-state index in [2.05, 4.69) is 10.1 Å². The van der Waals surface area contributed by atoms with E-state index in [0.717, 1.165) is 0 Å². The van der Waals surface area contributed by atoms with Crippen molar-refractivity contribution in [1.82, 2.24) is 14.6 Å². The SMILES string of the molecule is CCOc1nn2c(=O)cc(C)nc2s1. The van der Waals surface area contributed by atoms with Crippen LogP contribution >= 0.6 is 11.3 Å². The summed E-state index contributed by atoms with van der Waals surface area (Å²) >= 11 is 1.27. The quantitative estimate of drug-likeness (QED) is 0.739. The molecule has 2 aromatic rings. The monoisotopic (exact) mass is 211 g/mol. The van der Waals surface area contributed by atoms with Crippen LogP contribution in [0.1, 0.15) is 12.6 Å². The van der Waals surface area contributed by atoms with E-state index in [0.29, 0.717) is 22.5 Å². The minimum atomic E-state index is -0.172. The van der Waals surface area contributed by atoms with Crippen LogP contribution in [0.15, 0.2) is 10.9 Å². The van der Waals surface area contributed by atoms with Gasteiger partial charge in [0.25, 0.3) is 10.8 Å². The predicted octanol–water partition coefficient (Wildman–Crippen LogP) is 0.858. The summed E-state index contributed by atoms with van der Waals surface area (Å²) < 4.78 is 6.45. The maximum Gasteiger partial charge on any atom is 0.294 e. The lowest BCUT2D eigenvalue weighted by Crippen LogP contribution is -2.14. The van der Waals surface area contributed by atoms with E-state index in [-0.39, 0.29) is 5.56 Å². The van der Waals surface area contributed by atoms with Gasteiger partial charge in [-0.3, -0.25) is 4.79 Å². The summed E-state index contributed by atoms with van der Waals surface area (Å²) in [6.07, 6.45) is 0. The summed E-state index contributed by atoms with van der Waals surface area (Å²) in [5, 5.41) is 4.46. The minimum Gasteiger partial charge on any atom is -0.469 e. The minimum absolute atomic E-state index is 0.172. The van der Waals surface area contributed by atoms with Gasteiger partial charge in [-0.2, -0.15) is 4.52 Å². The van der Waals surface area contributed by atoms with Crippen molar-refractivity contribution in [2.24, 2.45) is 0 Å². The third-order valence-electron chi connectivity index (χ3n) is 1.62. The lowest BCUT2D eigenvalue weighted by molar-refractivity contribution is 0.333. The molecule has 0 spiro atoms. The van der Waals surface area contributed by atoms with Gasteiger partial charge in [-0.25, -0.2) is 4.98 Å². The van der Waals surface area contributed by atoms with E-state index < -0.39 is 0 Å². The Morgan fingerprint density at radius 2 is 2.43 bits per heavy atom. The first kappa shape index (κ1) is 9.14. The maximum atomic E-state index is 11.4. The molecule has 5 nitrogen and oxygen atoms in total. The molecule has 0 N–H and O–H groups in total. The van der Waals surface area contributed by atoms with Crippen molar-refractivity contribution in [3.05, 3.63) is 22.1 Å². The van der Waals surface area contributed by atoms with Gasteiger partial charge in [0.15, 0.2) is 0 Å². The first-order chi connectivity index (χ1) is 6.70. The van der Waals surface area contributed by atoms with Crippen LogP contribution in [0.2, 0.25) is 0 Å². The molecule has 6 heteroatoms. The highest BCUT2D eigenvalue weighted by Gasteiger charge is 2.07. The molecule has 2 rings (SSSR count). The molecule has 0 atom stereocenters. The highest BCUT2D eigenvalue weighted by molar-refractivity contribution is 7.18. The second kappa shape index (κ2) is 3.38. The van der Waals surface area contributed by atoms with E-state index in [9.17, 15) is 4.79 Å². The molecule has 0 saturated heterocycles. The Hall–Kier alpha value is -1.43. The number of ether oxygens (including phenoxy) is 1. The molecule has 0 aliphatic heterocycles. The van der Waals surface area contributed by atoms with Crippen LogP contribution in [0.4, 0.5) is 0 Å². The van der Waals surface area contributed by atoms with Crippen LogP contribution in [0, 0.1) is 6.92 Å². The lowest BCUT2D eigenvalue weighted by Gasteiger charge is -1.91. The first-order valence-corrected chi connectivity index (χ1v) is 5.02. The molecule has 0 saturated carbocycles. The Labute approximate surface area is 84.0 Å². The molecule has 0 fully saturated rings. The number of hydrogen-bond acceptors (Lipinski definition) is 5. The standard InChI is InChI=1S/C8H9N3O2S/c1-3-13-8-10-11-6(12)4-5(2)9-7(11)14-8/h4H,3H2,1-2H3. The van der Waals surface area contributed by atoms with Crippen molar-refractivity contribution in [3.63, 3.8) is 0 Å². The van der Waals surface area contributed by atoms with Crippen molar-refractivity contribution in [2.75, 3.05) is 6.61 Å².